The maximum atomic E-state index is 13.0. The number of halogens is 1. The third-order valence-electron chi connectivity index (χ3n) is 4.32. The Morgan fingerprint density at radius 1 is 1.19 bits per heavy atom. The third-order valence-corrected chi connectivity index (χ3v) is 4.32. The van der Waals surface area contributed by atoms with Crippen LogP contribution in [0.5, 0.6) is 5.75 Å². The zero-order chi connectivity index (χ0) is 18.2. The molecule has 0 radical (unpaired) electrons. The summed E-state index contributed by atoms with van der Waals surface area (Å²) in [5, 5.41) is 2.84. The number of anilines is 2. The lowest BCUT2D eigenvalue weighted by Crippen LogP contribution is -2.30. The van der Waals surface area contributed by atoms with Crippen LogP contribution in [0, 0.1) is 5.82 Å². The highest BCUT2D eigenvalue weighted by Crippen LogP contribution is 2.19. The van der Waals surface area contributed by atoms with Crippen LogP contribution in [0.15, 0.2) is 42.6 Å². The Hall–Kier alpha value is -2.63. The number of nitrogens with zero attached hydrogens (tertiary/aromatic N) is 2. The van der Waals surface area contributed by atoms with Gasteiger partial charge in [-0.1, -0.05) is 6.07 Å². The fourth-order valence-corrected chi connectivity index (χ4v) is 2.97. The number of ether oxygens (including phenoxy) is 1. The van der Waals surface area contributed by atoms with Crippen molar-refractivity contribution in [3.05, 3.63) is 48.4 Å². The first-order valence-electron chi connectivity index (χ1n) is 9.10. The average molecular weight is 357 g/mol. The molecule has 3 rings (SSSR count). The van der Waals surface area contributed by atoms with Crippen molar-refractivity contribution in [1.82, 2.24) is 4.98 Å². The van der Waals surface area contributed by atoms with Gasteiger partial charge in [-0.15, -0.1) is 0 Å². The van der Waals surface area contributed by atoms with Crippen LogP contribution in [0.4, 0.5) is 15.9 Å². The van der Waals surface area contributed by atoms with Gasteiger partial charge in [0.25, 0.3) is 0 Å². The Morgan fingerprint density at radius 2 is 2.04 bits per heavy atom. The van der Waals surface area contributed by atoms with E-state index in [0.717, 1.165) is 18.9 Å². The Bertz CT molecular complexity index is 715. The lowest BCUT2D eigenvalue weighted by Gasteiger charge is -2.27. The number of carbonyl (C=O) groups is 1. The van der Waals surface area contributed by atoms with E-state index in [4.69, 9.17) is 4.74 Å². The molecule has 0 bridgehead atoms. The maximum Gasteiger partial charge on any atom is 0.224 e. The highest BCUT2D eigenvalue weighted by Gasteiger charge is 2.12. The van der Waals surface area contributed by atoms with Gasteiger partial charge in [-0.25, -0.2) is 9.37 Å². The molecule has 6 heteroatoms. The number of carbonyl (C=O) groups excluding carboxylic acids is 1. The third kappa shape index (κ3) is 5.44. The van der Waals surface area contributed by atoms with Gasteiger partial charge in [0.2, 0.25) is 5.91 Å². The molecule has 0 unspecified atom stereocenters. The fraction of sp³-hybridized carbons (Fsp3) is 0.400. The first kappa shape index (κ1) is 18.2. The summed E-state index contributed by atoms with van der Waals surface area (Å²) < 4.78 is 18.5. The summed E-state index contributed by atoms with van der Waals surface area (Å²) in [5.74, 6) is 1.02. The fourth-order valence-electron chi connectivity index (χ4n) is 2.97. The molecule has 0 spiro atoms. The number of rotatable bonds is 7. The Morgan fingerprint density at radius 3 is 2.77 bits per heavy atom. The van der Waals surface area contributed by atoms with Crippen LogP contribution in [0.2, 0.25) is 0 Å². The van der Waals surface area contributed by atoms with Crippen molar-refractivity contribution in [2.24, 2.45) is 0 Å². The zero-order valence-electron chi connectivity index (χ0n) is 14.8. The van der Waals surface area contributed by atoms with Crippen molar-refractivity contribution in [2.45, 2.75) is 32.1 Å². The molecule has 1 fully saturated rings. The molecule has 1 aromatic heterocycles. The van der Waals surface area contributed by atoms with Crippen LogP contribution in [-0.4, -0.2) is 30.6 Å². The van der Waals surface area contributed by atoms with E-state index in [1.165, 1.54) is 31.4 Å². The van der Waals surface area contributed by atoms with E-state index in [0.29, 0.717) is 30.9 Å². The number of hydrogen-bond acceptors (Lipinski definition) is 4. The van der Waals surface area contributed by atoms with Gasteiger partial charge in [-0.05, 0) is 49.9 Å². The molecular weight excluding hydrogens is 333 g/mol. The van der Waals surface area contributed by atoms with E-state index in [2.05, 4.69) is 15.2 Å². The highest BCUT2D eigenvalue weighted by atomic mass is 19.1. The second-order valence-electron chi connectivity index (χ2n) is 6.41. The molecule has 1 saturated heterocycles. The molecule has 1 amide bonds. The van der Waals surface area contributed by atoms with E-state index < -0.39 is 0 Å². The quantitative estimate of drug-likeness (QED) is 0.761. The summed E-state index contributed by atoms with van der Waals surface area (Å²) in [6, 6.07) is 9.82. The van der Waals surface area contributed by atoms with Crippen molar-refractivity contribution in [2.75, 3.05) is 29.9 Å². The van der Waals surface area contributed by atoms with Crippen LogP contribution in [0.3, 0.4) is 0 Å². The Labute approximate surface area is 153 Å². The number of nitrogens with one attached hydrogen (secondary N) is 1. The summed E-state index contributed by atoms with van der Waals surface area (Å²) in [6.07, 6.45) is 6.29. The lowest BCUT2D eigenvalue weighted by atomic mass is 10.1. The van der Waals surface area contributed by atoms with Gasteiger partial charge < -0.3 is 15.0 Å². The number of amides is 1. The standard InChI is InChI=1S/C20H24FN3O2/c21-16-6-4-7-18(14-16)26-13-5-8-20(25)23-17-9-10-19(22-15-17)24-11-2-1-3-12-24/h4,6-7,9-10,14-15H,1-3,5,8,11-13H2,(H,23,25). The van der Waals surface area contributed by atoms with Gasteiger partial charge in [0.05, 0.1) is 18.5 Å². The van der Waals surface area contributed by atoms with Crippen molar-refractivity contribution >= 4 is 17.4 Å². The van der Waals surface area contributed by atoms with E-state index in [1.54, 1.807) is 18.3 Å². The summed E-state index contributed by atoms with van der Waals surface area (Å²) in [4.78, 5) is 18.7. The van der Waals surface area contributed by atoms with Gasteiger partial charge >= 0.3 is 0 Å². The number of pyridine rings is 1. The van der Waals surface area contributed by atoms with Crippen molar-refractivity contribution in [1.29, 1.82) is 0 Å². The summed E-state index contributed by atoms with van der Waals surface area (Å²) >= 11 is 0. The molecule has 5 nitrogen and oxygen atoms in total. The van der Waals surface area contributed by atoms with Crippen LogP contribution in [0.25, 0.3) is 0 Å². The topological polar surface area (TPSA) is 54.5 Å². The van der Waals surface area contributed by atoms with E-state index in [1.807, 2.05) is 12.1 Å². The van der Waals surface area contributed by atoms with Crippen molar-refractivity contribution in [3.8, 4) is 5.75 Å². The molecule has 1 aromatic carbocycles. The zero-order valence-corrected chi connectivity index (χ0v) is 14.8. The summed E-state index contributed by atoms with van der Waals surface area (Å²) in [6.45, 7) is 2.46. The number of piperidine rings is 1. The average Bonchev–Trinajstić information content (AvgIpc) is 2.67. The smallest absolute Gasteiger partial charge is 0.224 e. The number of aromatic nitrogens is 1. The molecule has 0 atom stereocenters. The van der Waals surface area contributed by atoms with E-state index in [9.17, 15) is 9.18 Å². The predicted octanol–water partition coefficient (Wildman–Crippen LogP) is 4.01. The minimum Gasteiger partial charge on any atom is -0.493 e. The van der Waals surface area contributed by atoms with Crippen molar-refractivity contribution in [3.63, 3.8) is 0 Å². The first-order valence-corrected chi connectivity index (χ1v) is 9.10. The highest BCUT2D eigenvalue weighted by molar-refractivity contribution is 5.90. The molecule has 26 heavy (non-hydrogen) atoms. The molecule has 2 aromatic rings. The monoisotopic (exact) mass is 357 g/mol. The first-order chi connectivity index (χ1) is 12.7. The Balaban J connectivity index is 1.39. The minimum atomic E-state index is -0.333. The van der Waals surface area contributed by atoms with Crippen molar-refractivity contribution < 1.29 is 13.9 Å². The maximum absolute atomic E-state index is 13.0. The number of hydrogen-bond donors (Lipinski definition) is 1. The lowest BCUT2D eigenvalue weighted by molar-refractivity contribution is -0.116. The van der Waals surface area contributed by atoms with Gasteiger partial charge in [-0.2, -0.15) is 0 Å². The molecule has 2 heterocycles. The molecule has 1 N–H and O–H groups in total. The van der Waals surface area contributed by atoms with Crippen LogP contribution in [-0.2, 0) is 4.79 Å². The summed E-state index contributed by atoms with van der Waals surface area (Å²) in [7, 11) is 0. The summed E-state index contributed by atoms with van der Waals surface area (Å²) in [5.41, 5.74) is 0.696. The minimum absolute atomic E-state index is 0.0830. The van der Waals surface area contributed by atoms with Gasteiger partial charge in [0.1, 0.15) is 17.4 Å². The largest absolute Gasteiger partial charge is 0.493 e. The SMILES string of the molecule is O=C(CCCOc1cccc(F)c1)Nc1ccc(N2CCCCC2)nc1. The van der Waals surface area contributed by atoms with E-state index >= 15 is 0 Å². The van der Waals surface area contributed by atoms with Crippen LogP contribution < -0.4 is 15.0 Å². The van der Waals surface area contributed by atoms with Gasteiger partial charge in [-0.3, -0.25) is 4.79 Å². The molecular formula is C20H24FN3O2. The molecule has 0 aliphatic carbocycles. The van der Waals surface area contributed by atoms with E-state index in [-0.39, 0.29) is 11.7 Å². The number of benzene rings is 1. The second-order valence-corrected chi connectivity index (χ2v) is 6.41. The molecule has 0 saturated carbocycles. The van der Waals surface area contributed by atoms with Gasteiger partial charge in [0.15, 0.2) is 0 Å². The second kappa shape index (κ2) is 9.17. The molecule has 1 aliphatic rings. The normalized spacial score (nSPS) is 14.1. The van der Waals surface area contributed by atoms with Gasteiger partial charge in [0, 0.05) is 25.6 Å². The Kier molecular flexibility index (Phi) is 6.41. The molecule has 138 valence electrons. The predicted molar refractivity (Wildman–Crippen MR) is 100 cm³/mol. The van der Waals surface area contributed by atoms with Crippen LogP contribution in [0.1, 0.15) is 32.1 Å². The van der Waals surface area contributed by atoms with Crippen LogP contribution >= 0.6 is 0 Å². The molecule has 1 aliphatic heterocycles.